The quantitative estimate of drug-likeness (QED) is 0.710. The molecule has 3 N–H and O–H groups in total. The van der Waals surface area contributed by atoms with Crippen LogP contribution < -0.4 is 15.4 Å². The van der Waals surface area contributed by atoms with E-state index in [9.17, 15) is 18.0 Å². The predicted molar refractivity (Wildman–Crippen MR) is 106 cm³/mol. The SMILES string of the molecule is C=CCN(c1ccc(C(=O)Nc2cccc(C(N)=O)c2C)cc1)S(C)(=O)=O. The molecule has 0 aliphatic rings. The number of nitrogens with zero attached hydrogens (tertiary/aromatic N) is 1. The Hall–Kier alpha value is -3.13. The van der Waals surface area contributed by atoms with Crippen LogP contribution in [0.25, 0.3) is 0 Å². The van der Waals surface area contributed by atoms with Crippen LogP contribution in [0, 0.1) is 6.92 Å². The molecule has 142 valence electrons. The largest absolute Gasteiger partial charge is 0.366 e. The van der Waals surface area contributed by atoms with Gasteiger partial charge in [0, 0.05) is 16.8 Å². The standard InChI is InChI=1S/C19H21N3O4S/c1-4-12-22(27(3,25)26)15-10-8-14(9-11-15)19(24)21-17-7-5-6-16(13(17)2)18(20)23/h4-11H,1,12H2,2-3H3,(H2,20,23)(H,21,24). The summed E-state index contributed by atoms with van der Waals surface area (Å²) in [6.07, 6.45) is 2.59. The van der Waals surface area contributed by atoms with Crippen LogP contribution in [0.3, 0.4) is 0 Å². The molecule has 7 nitrogen and oxygen atoms in total. The van der Waals surface area contributed by atoms with E-state index in [0.29, 0.717) is 28.1 Å². The number of carbonyl (C=O) groups excluding carboxylic acids is 2. The Morgan fingerprint density at radius 2 is 1.81 bits per heavy atom. The normalized spacial score (nSPS) is 10.9. The number of hydrogen-bond donors (Lipinski definition) is 2. The smallest absolute Gasteiger partial charge is 0.255 e. The molecule has 0 aromatic heterocycles. The first-order valence-electron chi connectivity index (χ1n) is 8.04. The Morgan fingerprint density at radius 3 is 2.33 bits per heavy atom. The Kier molecular flexibility index (Phi) is 6.02. The van der Waals surface area contributed by atoms with Crippen molar-refractivity contribution in [1.82, 2.24) is 0 Å². The minimum absolute atomic E-state index is 0.128. The van der Waals surface area contributed by atoms with Crippen molar-refractivity contribution in [2.24, 2.45) is 5.73 Å². The average Bonchev–Trinajstić information content (AvgIpc) is 2.60. The molecule has 27 heavy (non-hydrogen) atoms. The molecule has 0 atom stereocenters. The van der Waals surface area contributed by atoms with Crippen molar-refractivity contribution in [2.45, 2.75) is 6.92 Å². The fourth-order valence-electron chi connectivity index (χ4n) is 2.56. The summed E-state index contributed by atoms with van der Waals surface area (Å²) in [4.78, 5) is 23.9. The molecular weight excluding hydrogens is 366 g/mol. The molecule has 2 aromatic rings. The monoisotopic (exact) mass is 387 g/mol. The summed E-state index contributed by atoms with van der Waals surface area (Å²) in [5.74, 6) is -0.961. The minimum atomic E-state index is -3.46. The topological polar surface area (TPSA) is 110 Å². The van der Waals surface area contributed by atoms with E-state index in [2.05, 4.69) is 11.9 Å². The highest BCUT2D eigenvalue weighted by Gasteiger charge is 2.17. The lowest BCUT2D eigenvalue weighted by Gasteiger charge is -2.20. The number of anilines is 2. The number of primary amides is 1. The Balaban J connectivity index is 2.25. The van der Waals surface area contributed by atoms with Crippen LogP contribution in [0.1, 0.15) is 26.3 Å². The molecule has 0 unspecified atom stereocenters. The molecule has 0 aliphatic heterocycles. The summed E-state index contributed by atoms with van der Waals surface area (Å²) in [5, 5.41) is 2.73. The predicted octanol–water partition coefficient (Wildman–Crippen LogP) is 2.30. The molecule has 0 fully saturated rings. The summed E-state index contributed by atoms with van der Waals surface area (Å²) < 4.78 is 24.9. The molecule has 0 heterocycles. The maximum Gasteiger partial charge on any atom is 0.255 e. The Bertz CT molecular complexity index is 983. The summed E-state index contributed by atoms with van der Waals surface area (Å²) in [6.45, 7) is 5.38. The second-order valence-corrected chi connectivity index (χ2v) is 7.83. The van der Waals surface area contributed by atoms with Crippen molar-refractivity contribution in [3.05, 3.63) is 71.8 Å². The summed E-state index contributed by atoms with van der Waals surface area (Å²) >= 11 is 0. The third kappa shape index (κ3) is 4.73. The number of nitrogens with one attached hydrogen (secondary N) is 1. The molecule has 0 saturated heterocycles. The number of benzene rings is 2. The molecule has 2 aromatic carbocycles. The minimum Gasteiger partial charge on any atom is -0.366 e. The van der Waals surface area contributed by atoms with Gasteiger partial charge in [0.15, 0.2) is 0 Å². The van der Waals surface area contributed by atoms with Crippen molar-refractivity contribution in [1.29, 1.82) is 0 Å². The Morgan fingerprint density at radius 1 is 1.19 bits per heavy atom. The van der Waals surface area contributed by atoms with Crippen molar-refractivity contribution < 1.29 is 18.0 Å². The second-order valence-electron chi connectivity index (χ2n) is 5.93. The number of rotatable bonds is 7. The number of carbonyl (C=O) groups is 2. The summed E-state index contributed by atoms with van der Waals surface area (Å²) in [6, 6.07) is 11.0. The number of nitrogens with two attached hydrogens (primary N) is 1. The van der Waals surface area contributed by atoms with Crippen molar-refractivity contribution in [3.63, 3.8) is 0 Å². The highest BCUT2D eigenvalue weighted by Crippen LogP contribution is 2.21. The van der Waals surface area contributed by atoms with Crippen LogP contribution in [-0.4, -0.2) is 33.0 Å². The van der Waals surface area contributed by atoms with Gasteiger partial charge < -0.3 is 11.1 Å². The molecule has 2 amide bonds. The number of amides is 2. The fraction of sp³-hybridized carbons (Fsp3) is 0.158. The van der Waals surface area contributed by atoms with Gasteiger partial charge in [-0.05, 0) is 48.9 Å². The molecule has 0 radical (unpaired) electrons. The first-order chi connectivity index (χ1) is 12.6. The van der Waals surface area contributed by atoms with E-state index in [0.717, 1.165) is 6.26 Å². The molecule has 0 spiro atoms. The summed E-state index contributed by atoms with van der Waals surface area (Å²) in [5.41, 5.74) is 7.47. The highest BCUT2D eigenvalue weighted by atomic mass is 32.2. The maximum atomic E-state index is 12.5. The lowest BCUT2D eigenvalue weighted by molar-refractivity contribution is 0.0995. The van der Waals surface area contributed by atoms with E-state index in [-0.39, 0.29) is 12.5 Å². The van der Waals surface area contributed by atoms with E-state index in [1.165, 1.54) is 22.5 Å². The third-order valence-corrected chi connectivity index (χ3v) is 5.12. The van der Waals surface area contributed by atoms with E-state index in [4.69, 9.17) is 5.73 Å². The first kappa shape index (κ1) is 20.2. The van der Waals surface area contributed by atoms with Crippen LogP contribution in [-0.2, 0) is 10.0 Å². The molecule has 8 heteroatoms. The van der Waals surface area contributed by atoms with E-state index >= 15 is 0 Å². The molecule has 2 rings (SSSR count). The van der Waals surface area contributed by atoms with Gasteiger partial charge in [-0.1, -0.05) is 12.1 Å². The van der Waals surface area contributed by atoms with Crippen molar-refractivity contribution in [2.75, 3.05) is 22.4 Å². The van der Waals surface area contributed by atoms with E-state index < -0.39 is 15.9 Å². The van der Waals surface area contributed by atoms with Gasteiger partial charge in [0.25, 0.3) is 5.91 Å². The van der Waals surface area contributed by atoms with Gasteiger partial charge in [0.1, 0.15) is 0 Å². The van der Waals surface area contributed by atoms with Gasteiger partial charge >= 0.3 is 0 Å². The van der Waals surface area contributed by atoms with Gasteiger partial charge in [-0.15, -0.1) is 6.58 Å². The molecule has 0 saturated carbocycles. The second kappa shape index (κ2) is 8.05. The zero-order chi connectivity index (χ0) is 20.2. The fourth-order valence-corrected chi connectivity index (χ4v) is 3.44. The molecule has 0 aliphatic carbocycles. The highest BCUT2D eigenvalue weighted by molar-refractivity contribution is 7.92. The third-order valence-electron chi connectivity index (χ3n) is 3.96. The molecule has 0 bridgehead atoms. The van der Waals surface area contributed by atoms with Gasteiger partial charge in [-0.25, -0.2) is 8.42 Å². The van der Waals surface area contributed by atoms with Crippen molar-refractivity contribution in [3.8, 4) is 0 Å². The number of sulfonamides is 1. The van der Waals surface area contributed by atoms with E-state index in [1.807, 2.05) is 0 Å². The zero-order valence-corrected chi connectivity index (χ0v) is 15.9. The van der Waals surface area contributed by atoms with Gasteiger partial charge in [-0.3, -0.25) is 13.9 Å². The van der Waals surface area contributed by atoms with Crippen LogP contribution in [0.15, 0.2) is 55.1 Å². The average molecular weight is 387 g/mol. The Labute approximate surface area is 158 Å². The van der Waals surface area contributed by atoms with Gasteiger partial charge in [-0.2, -0.15) is 0 Å². The maximum absolute atomic E-state index is 12.5. The lowest BCUT2D eigenvalue weighted by atomic mass is 10.1. The summed E-state index contributed by atoms with van der Waals surface area (Å²) in [7, 11) is -3.46. The zero-order valence-electron chi connectivity index (χ0n) is 15.1. The van der Waals surface area contributed by atoms with Gasteiger partial charge in [0.2, 0.25) is 15.9 Å². The van der Waals surface area contributed by atoms with Gasteiger partial charge in [0.05, 0.1) is 18.5 Å². The molecular formula is C19H21N3O4S. The van der Waals surface area contributed by atoms with Crippen LogP contribution in [0.2, 0.25) is 0 Å². The lowest BCUT2D eigenvalue weighted by Crippen LogP contribution is -2.29. The van der Waals surface area contributed by atoms with Crippen LogP contribution in [0.4, 0.5) is 11.4 Å². The first-order valence-corrected chi connectivity index (χ1v) is 9.89. The van der Waals surface area contributed by atoms with Crippen molar-refractivity contribution >= 4 is 33.2 Å². The number of hydrogen-bond acceptors (Lipinski definition) is 4. The van der Waals surface area contributed by atoms with Crippen LogP contribution in [0.5, 0.6) is 0 Å². The van der Waals surface area contributed by atoms with Crippen LogP contribution >= 0.6 is 0 Å². The van der Waals surface area contributed by atoms with E-state index in [1.54, 1.807) is 37.3 Å².